The number of nitrogens with two attached hydrogens (primary N) is 1. The molecular formula is C15H16ClNO. The Morgan fingerprint density at radius 3 is 2.50 bits per heavy atom. The SMILES string of the molecule is Cc1ccc(OCc2ccc(Cl)c(N)c2)cc1C. The summed E-state index contributed by atoms with van der Waals surface area (Å²) in [6, 6.07) is 11.6. The molecule has 0 aromatic heterocycles. The summed E-state index contributed by atoms with van der Waals surface area (Å²) >= 11 is 5.87. The average Bonchev–Trinajstić information content (AvgIpc) is 2.35. The van der Waals surface area contributed by atoms with Gasteiger partial charge in [0.05, 0.1) is 10.7 Å². The molecule has 3 heteroatoms. The van der Waals surface area contributed by atoms with Crippen molar-refractivity contribution in [3.05, 3.63) is 58.1 Å². The van der Waals surface area contributed by atoms with Crippen molar-refractivity contribution < 1.29 is 4.74 Å². The molecule has 0 spiro atoms. The van der Waals surface area contributed by atoms with Gasteiger partial charge in [0.15, 0.2) is 0 Å². The van der Waals surface area contributed by atoms with Gasteiger partial charge in [0.25, 0.3) is 0 Å². The highest BCUT2D eigenvalue weighted by Crippen LogP contribution is 2.21. The van der Waals surface area contributed by atoms with Crippen LogP contribution >= 0.6 is 11.6 Å². The zero-order chi connectivity index (χ0) is 13.1. The Balaban J connectivity index is 2.06. The second kappa shape index (κ2) is 5.32. The second-order valence-electron chi connectivity index (χ2n) is 4.39. The van der Waals surface area contributed by atoms with Crippen molar-refractivity contribution in [1.82, 2.24) is 0 Å². The molecule has 18 heavy (non-hydrogen) atoms. The van der Waals surface area contributed by atoms with Crippen molar-refractivity contribution in [2.75, 3.05) is 5.73 Å². The standard InChI is InChI=1S/C15H16ClNO/c1-10-3-5-13(7-11(10)2)18-9-12-4-6-14(16)15(17)8-12/h3-8H,9,17H2,1-2H3. The zero-order valence-electron chi connectivity index (χ0n) is 10.5. The number of anilines is 1. The van der Waals surface area contributed by atoms with Gasteiger partial charge in [0.1, 0.15) is 12.4 Å². The topological polar surface area (TPSA) is 35.2 Å². The molecule has 0 aliphatic heterocycles. The van der Waals surface area contributed by atoms with E-state index in [-0.39, 0.29) is 0 Å². The van der Waals surface area contributed by atoms with Crippen LogP contribution in [0.1, 0.15) is 16.7 Å². The minimum Gasteiger partial charge on any atom is -0.489 e. The van der Waals surface area contributed by atoms with Gasteiger partial charge in [-0.15, -0.1) is 0 Å². The molecule has 2 rings (SSSR count). The first-order valence-corrected chi connectivity index (χ1v) is 6.18. The fourth-order valence-corrected chi connectivity index (χ4v) is 1.77. The maximum atomic E-state index is 5.87. The molecule has 0 amide bonds. The molecule has 0 saturated carbocycles. The lowest BCUT2D eigenvalue weighted by Gasteiger charge is -2.09. The van der Waals surface area contributed by atoms with E-state index in [9.17, 15) is 0 Å². The highest BCUT2D eigenvalue weighted by Gasteiger charge is 2.01. The molecule has 0 radical (unpaired) electrons. The highest BCUT2D eigenvalue weighted by molar-refractivity contribution is 6.33. The summed E-state index contributed by atoms with van der Waals surface area (Å²) in [4.78, 5) is 0. The van der Waals surface area contributed by atoms with Gasteiger partial charge in [-0.05, 0) is 54.8 Å². The molecule has 0 bridgehead atoms. The minimum absolute atomic E-state index is 0.490. The van der Waals surface area contributed by atoms with E-state index in [1.165, 1.54) is 11.1 Å². The van der Waals surface area contributed by atoms with E-state index in [1.807, 2.05) is 24.3 Å². The number of rotatable bonds is 3. The Morgan fingerprint density at radius 1 is 1.06 bits per heavy atom. The maximum Gasteiger partial charge on any atom is 0.120 e. The minimum atomic E-state index is 0.490. The normalized spacial score (nSPS) is 10.4. The van der Waals surface area contributed by atoms with Crippen LogP contribution < -0.4 is 10.5 Å². The largest absolute Gasteiger partial charge is 0.489 e. The van der Waals surface area contributed by atoms with Crippen LogP contribution in [-0.4, -0.2) is 0 Å². The third-order valence-corrected chi connectivity index (χ3v) is 3.29. The number of benzene rings is 2. The smallest absolute Gasteiger partial charge is 0.120 e. The maximum absolute atomic E-state index is 5.87. The van der Waals surface area contributed by atoms with Crippen LogP contribution in [0, 0.1) is 13.8 Å². The third kappa shape index (κ3) is 2.96. The van der Waals surface area contributed by atoms with Crippen LogP contribution in [0.4, 0.5) is 5.69 Å². The summed E-state index contributed by atoms with van der Waals surface area (Å²) in [6.07, 6.45) is 0. The number of hydrogen-bond donors (Lipinski definition) is 1. The van der Waals surface area contributed by atoms with Crippen molar-refractivity contribution in [2.45, 2.75) is 20.5 Å². The first kappa shape index (κ1) is 12.8. The van der Waals surface area contributed by atoms with E-state index < -0.39 is 0 Å². The quantitative estimate of drug-likeness (QED) is 0.844. The Hall–Kier alpha value is -1.67. The van der Waals surface area contributed by atoms with Crippen molar-refractivity contribution >= 4 is 17.3 Å². The van der Waals surface area contributed by atoms with E-state index >= 15 is 0 Å². The summed E-state index contributed by atoms with van der Waals surface area (Å²) < 4.78 is 5.72. The number of hydrogen-bond acceptors (Lipinski definition) is 2. The van der Waals surface area contributed by atoms with Crippen molar-refractivity contribution in [2.24, 2.45) is 0 Å². The van der Waals surface area contributed by atoms with Gasteiger partial charge in [-0.2, -0.15) is 0 Å². The van der Waals surface area contributed by atoms with E-state index in [0.29, 0.717) is 17.3 Å². The lowest BCUT2D eigenvalue weighted by atomic mass is 10.1. The van der Waals surface area contributed by atoms with Crippen LogP contribution in [0.25, 0.3) is 0 Å². The van der Waals surface area contributed by atoms with Crippen molar-refractivity contribution in [3.8, 4) is 5.75 Å². The lowest BCUT2D eigenvalue weighted by molar-refractivity contribution is 0.306. The van der Waals surface area contributed by atoms with Gasteiger partial charge in [-0.25, -0.2) is 0 Å². The third-order valence-electron chi connectivity index (χ3n) is 2.94. The van der Waals surface area contributed by atoms with E-state index in [4.69, 9.17) is 22.1 Å². The van der Waals surface area contributed by atoms with Crippen LogP contribution in [0.15, 0.2) is 36.4 Å². The Kier molecular flexibility index (Phi) is 3.78. The van der Waals surface area contributed by atoms with Gasteiger partial charge >= 0.3 is 0 Å². The number of halogens is 1. The molecular weight excluding hydrogens is 246 g/mol. The van der Waals surface area contributed by atoms with Crippen molar-refractivity contribution in [3.63, 3.8) is 0 Å². The zero-order valence-corrected chi connectivity index (χ0v) is 11.3. The molecule has 0 aliphatic rings. The molecule has 0 fully saturated rings. The van der Waals surface area contributed by atoms with Gasteiger partial charge in [-0.1, -0.05) is 23.7 Å². The monoisotopic (exact) mass is 261 g/mol. The number of aryl methyl sites for hydroxylation is 2. The summed E-state index contributed by atoms with van der Waals surface area (Å²) in [7, 11) is 0. The van der Waals surface area contributed by atoms with E-state index in [0.717, 1.165) is 11.3 Å². The van der Waals surface area contributed by atoms with Gasteiger partial charge in [-0.3, -0.25) is 0 Å². The molecule has 0 heterocycles. The summed E-state index contributed by atoms with van der Waals surface area (Å²) in [5.41, 5.74) is 9.82. The van der Waals surface area contributed by atoms with Crippen LogP contribution in [-0.2, 0) is 6.61 Å². The number of nitrogen functional groups attached to an aromatic ring is 1. The fourth-order valence-electron chi connectivity index (χ4n) is 1.65. The molecule has 2 aromatic rings. The van der Waals surface area contributed by atoms with Gasteiger partial charge in [0.2, 0.25) is 0 Å². The predicted molar refractivity (Wildman–Crippen MR) is 76.1 cm³/mol. The lowest BCUT2D eigenvalue weighted by Crippen LogP contribution is -1.97. The number of ether oxygens (including phenoxy) is 1. The molecule has 0 saturated heterocycles. The van der Waals surface area contributed by atoms with Crippen LogP contribution in [0.2, 0.25) is 5.02 Å². The van der Waals surface area contributed by atoms with E-state index in [1.54, 1.807) is 6.07 Å². The Bertz CT molecular complexity index is 515. The summed E-state index contributed by atoms with van der Waals surface area (Å²) in [6.45, 7) is 4.64. The van der Waals surface area contributed by atoms with Gasteiger partial charge in [0, 0.05) is 0 Å². The fraction of sp³-hybridized carbons (Fsp3) is 0.200. The summed E-state index contributed by atoms with van der Waals surface area (Å²) in [5.74, 6) is 0.867. The predicted octanol–water partition coefficient (Wildman–Crippen LogP) is 4.12. The summed E-state index contributed by atoms with van der Waals surface area (Å²) in [5, 5.41) is 0.574. The molecule has 2 nitrogen and oxygen atoms in total. The molecule has 0 unspecified atom stereocenters. The molecule has 0 aliphatic carbocycles. The Labute approximate surface area is 112 Å². The molecule has 94 valence electrons. The average molecular weight is 262 g/mol. The first-order chi connectivity index (χ1) is 8.56. The first-order valence-electron chi connectivity index (χ1n) is 5.80. The van der Waals surface area contributed by atoms with Crippen LogP contribution in [0.5, 0.6) is 5.75 Å². The highest BCUT2D eigenvalue weighted by atomic mass is 35.5. The molecule has 2 aromatic carbocycles. The Morgan fingerprint density at radius 2 is 1.83 bits per heavy atom. The van der Waals surface area contributed by atoms with Crippen LogP contribution in [0.3, 0.4) is 0 Å². The van der Waals surface area contributed by atoms with E-state index in [2.05, 4.69) is 19.9 Å². The molecule has 2 N–H and O–H groups in total. The second-order valence-corrected chi connectivity index (χ2v) is 4.80. The van der Waals surface area contributed by atoms with Crippen molar-refractivity contribution in [1.29, 1.82) is 0 Å². The van der Waals surface area contributed by atoms with Gasteiger partial charge < -0.3 is 10.5 Å². The molecule has 0 atom stereocenters.